The van der Waals surface area contributed by atoms with Crippen LogP contribution in [0.25, 0.3) is 0 Å². The molecule has 0 bridgehead atoms. The van der Waals surface area contributed by atoms with Crippen LogP contribution in [0.1, 0.15) is 13.3 Å². The van der Waals surface area contributed by atoms with Gasteiger partial charge in [0.25, 0.3) is 0 Å². The van der Waals surface area contributed by atoms with Crippen LogP contribution in [0.2, 0.25) is 0 Å². The van der Waals surface area contributed by atoms with Gasteiger partial charge in [0.1, 0.15) is 12.7 Å². The molecule has 0 radical (unpaired) electrons. The Morgan fingerprint density at radius 2 is 1.94 bits per heavy atom. The van der Waals surface area contributed by atoms with E-state index < -0.39 is 18.4 Å². The molecule has 0 saturated carbocycles. The SMILES string of the molecule is COC(=O)OC[C@H]1CC=C(C)[C@H]1OC(=O)OC. The second-order valence-corrected chi connectivity index (χ2v) is 3.70. The third-order valence-electron chi connectivity index (χ3n) is 2.59. The molecule has 6 heteroatoms. The highest BCUT2D eigenvalue weighted by Gasteiger charge is 2.32. The molecule has 0 aliphatic heterocycles. The zero-order valence-electron chi connectivity index (χ0n) is 10.1. The molecule has 0 unspecified atom stereocenters. The Hall–Kier alpha value is -1.72. The number of carbonyl (C=O) groups is 2. The van der Waals surface area contributed by atoms with Gasteiger partial charge in [-0.1, -0.05) is 6.08 Å². The van der Waals surface area contributed by atoms with Crippen molar-refractivity contribution >= 4 is 12.3 Å². The van der Waals surface area contributed by atoms with Crippen molar-refractivity contribution in [3.8, 4) is 0 Å². The molecule has 0 spiro atoms. The first-order valence-corrected chi connectivity index (χ1v) is 5.20. The smallest absolute Gasteiger partial charge is 0.438 e. The van der Waals surface area contributed by atoms with Crippen molar-refractivity contribution in [3.05, 3.63) is 11.6 Å². The summed E-state index contributed by atoms with van der Waals surface area (Å²) in [7, 11) is 2.49. The van der Waals surface area contributed by atoms with E-state index in [-0.39, 0.29) is 12.5 Å². The van der Waals surface area contributed by atoms with Crippen LogP contribution in [-0.4, -0.2) is 39.2 Å². The molecule has 1 aliphatic rings. The fraction of sp³-hybridized carbons (Fsp3) is 0.636. The summed E-state index contributed by atoms with van der Waals surface area (Å²) in [4.78, 5) is 21.9. The van der Waals surface area contributed by atoms with E-state index in [4.69, 9.17) is 9.47 Å². The van der Waals surface area contributed by atoms with Crippen molar-refractivity contribution in [2.45, 2.75) is 19.4 Å². The Labute approximate surface area is 99.5 Å². The molecule has 0 aromatic rings. The van der Waals surface area contributed by atoms with Crippen molar-refractivity contribution in [2.75, 3.05) is 20.8 Å². The summed E-state index contributed by atoms with van der Waals surface area (Å²) >= 11 is 0. The minimum Gasteiger partial charge on any atom is -0.438 e. The second-order valence-electron chi connectivity index (χ2n) is 3.70. The Balaban J connectivity index is 2.49. The molecule has 0 aromatic carbocycles. The summed E-state index contributed by atoms with van der Waals surface area (Å²) in [6.45, 7) is 1.99. The molecule has 17 heavy (non-hydrogen) atoms. The van der Waals surface area contributed by atoms with Gasteiger partial charge < -0.3 is 18.9 Å². The number of allylic oxidation sites excluding steroid dienone is 1. The van der Waals surface area contributed by atoms with E-state index in [0.717, 1.165) is 5.57 Å². The summed E-state index contributed by atoms with van der Waals surface area (Å²) in [6, 6.07) is 0. The normalized spacial score (nSPS) is 22.6. The highest BCUT2D eigenvalue weighted by Crippen LogP contribution is 2.28. The Bertz CT molecular complexity index is 322. The first-order chi connectivity index (χ1) is 8.08. The molecule has 2 atom stereocenters. The van der Waals surface area contributed by atoms with Crippen molar-refractivity contribution in [1.82, 2.24) is 0 Å². The minimum atomic E-state index is -0.744. The molecule has 0 N–H and O–H groups in total. The maximum atomic E-state index is 11.0. The summed E-state index contributed by atoms with van der Waals surface area (Å²) in [6.07, 6.45) is 0.731. The van der Waals surface area contributed by atoms with Gasteiger partial charge >= 0.3 is 12.3 Å². The standard InChI is InChI=1S/C11H16O6/c1-7-4-5-8(6-16-10(12)14-2)9(7)17-11(13)15-3/h4,8-9H,5-6H2,1-3H3/t8-,9-/m1/s1. The van der Waals surface area contributed by atoms with Crippen LogP contribution in [-0.2, 0) is 18.9 Å². The summed E-state index contributed by atoms with van der Waals surface area (Å²) < 4.78 is 18.7. The third kappa shape index (κ3) is 3.65. The fourth-order valence-corrected chi connectivity index (χ4v) is 1.68. The second kappa shape index (κ2) is 6.12. The van der Waals surface area contributed by atoms with Gasteiger partial charge in [0, 0.05) is 5.92 Å². The largest absolute Gasteiger partial charge is 0.508 e. The van der Waals surface area contributed by atoms with E-state index >= 15 is 0 Å². The van der Waals surface area contributed by atoms with Gasteiger partial charge in [-0.3, -0.25) is 0 Å². The van der Waals surface area contributed by atoms with E-state index in [1.54, 1.807) is 0 Å². The summed E-state index contributed by atoms with van der Waals surface area (Å²) in [5, 5.41) is 0. The number of carbonyl (C=O) groups excluding carboxylic acids is 2. The minimum absolute atomic E-state index is 0.0896. The van der Waals surface area contributed by atoms with Gasteiger partial charge in [-0.25, -0.2) is 9.59 Å². The van der Waals surface area contributed by atoms with Gasteiger partial charge in [0.05, 0.1) is 14.2 Å². The molecule has 0 heterocycles. The molecule has 1 aliphatic carbocycles. The van der Waals surface area contributed by atoms with Crippen molar-refractivity contribution in [2.24, 2.45) is 5.92 Å². The average Bonchev–Trinajstić information content (AvgIpc) is 2.67. The van der Waals surface area contributed by atoms with Crippen LogP contribution in [0, 0.1) is 5.92 Å². The summed E-state index contributed by atoms with van der Waals surface area (Å²) in [5.41, 5.74) is 0.925. The number of hydrogen-bond acceptors (Lipinski definition) is 6. The van der Waals surface area contributed by atoms with Gasteiger partial charge in [0.15, 0.2) is 0 Å². The highest BCUT2D eigenvalue weighted by atomic mass is 16.7. The predicted molar refractivity (Wildman–Crippen MR) is 57.5 cm³/mol. The Morgan fingerprint density at radius 3 is 2.53 bits per heavy atom. The molecule has 0 fully saturated rings. The molecule has 0 aromatic heterocycles. The molecular formula is C11H16O6. The van der Waals surface area contributed by atoms with Crippen LogP contribution >= 0.6 is 0 Å². The third-order valence-corrected chi connectivity index (χ3v) is 2.59. The molecule has 0 amide bonds. The van der Waals surface area contributed by atoms with Gasteiger partial charge in [-0.2, -0.15) is 0 Å². The fourth-order valence-electron chi connectivity index (χ4n) is 1.68. The topological polar surface area (TPSA) is 71.1 Å². The summed E-state index contributed by atoms with van der Waals surface area (Å²) in [5.74, 6) is -0.0896. The van der Waals surface area contributed by atoms with Crippen molar-refractivity contribution in [1.29, 1.82) is 0 Å². The molecule has 96 valence electrons. The van der Waals surface area contributed by atoms with Crippen molar-refractivity contribution < 1.29 is 28.5 Å². The predicted octanol–water partition coefficient (Wildman–Crippen LogP) is 1.89. The van der Waals surface area contributed by atoms with Gasteiger partial charge in [0.2, 0.25) is 0 Å². The van der Waals surface area contributed by atoms with E-state index in [1.165, 1.54) is 14.2 Å². The zero-order valence-corrected chi connectivity index (χ0v) is 10.1. The maximum absolute atomic E-state index is 11.0. The Morgan fingerprint density at radius 1 is 1.29 bits per heavy atom. The lowest BCUT2D eigenvalue weighted by Gasteiger charge is -2.20. The van der Waals surface area contributed by atoms with E-state index in [9.17, 15) is 9.59 Å². The molecule has 1 rings (SSSR count). The zero-order chi connectivity index (χ0) is 12.8. The number of hydrogen-bond donors (Lipinski definition) is 0. The maximum Gasteiger partial charge on any atom is 0.508 e. The van der Waals surface area contributed by atoms with Crippen molar-refractivity contribution in [3.63, 3.8) is 0 Å². The lowest BCUT2D eigenvalue weighted by molar-refractivity contribution is 0.00826. The van der Waals surface area contributed by atoms with Crippen LogP contribution in [0.4, 0.5) is 9.59 Å². The Kier molecular flexibility index (Phi) is 4.81. The number of ether oxygens (including phenoxy) is 4. The lowest BCUT2D eigenvalue weighted by Crippen LogP contribution is -2.28. The average molecular weight is 244 g/mol. The first-order valence-electron chi connectivity index (χ1n) is 5.20. The molecule has 0 saturated heterocycles. The van der Waals surface area contributed by atoms with E-state index in [0.29, 0.717) is 6.42 Å². The van der Waals surface area contributed by atoms with Crippen LogP contribution in [0.5, 0.6) is 0 Å². The van der Waals surface area contributed by atoms with Crippen LogP contribution in [0.15, 0.2) is 11.6 Å². The van der Waals surface area contributed by atoms with Crippen LogP contribution < -0.4 is 0 Å². The monoisotopic (exact) mass is 244 g/mol. The molecular weight excluding hydrogens is 228 g/mol. The van der Waals surface area contributed by atoms with E-state index in [1.807, 2.05) is 13.0 Å². The molecule has 6 nitrogen and oxygen atoms in total. The highest BCUT2D eigenvalue weighted by molar-refractivity contribution is 5.60. The first kappa shape index (κ1) is 13.3. The number of methoxy groups -OCH3 is 2. The lowest BCUT2D eigenvalue weighted by atomic mass is 10.0. The van der Waals surface area contributed by atoms with E-state index in [2.05, 4.69) is 9.47 Å². The quantitative estimate of drug-likeness (QED) is 0.557. The number of rotatable bonds is 3. The van der Waals surface area contributed by atoms with Gasteiger partial charge in [-0.05, 0) is 18.9 Å². The van der Waals surface area contributed by atoms with Gasteiger partial charge in [-0.15, -0.1) is 0 Å². The van der Waals surface area contributed by atoms with Crippen LogP contribution in [0.3, 0.4) is 0 Å².